The van der Waals surface area contributed by atoms with E-state index in [-0.39, 0.29) is 56.9 Å². The molecule has 0 heterocycles. The highest BCUT2D eigenvalue weighted by Gasteiger charge is 2.32. The third-order valence-electron chi connectivity index (χ3n) is 7.85. The maximum absolute atomic E-state index is 11.0. The maximum atomic E-state index is 11.0. The highest BCUT2D eigenvalue weighted by atomic mass is 16.5. The Balaban J connectivity index is 2.25. The Bertz CT molecular complexity index is 1210. The molecule has 0 radical (unpaired) electrons. The lowest BCUT2D eigenvalue weighted by atomic mass is 9.70. The molecule has 3 rings (SSSR count). The first-order valence-electron chi connectivity index (χ1n) is 14.1. The zero-order valence-electron chi connectivity index (χ0n) is 26.4. The predicted molar refractivity (Wildman–Crippen MR) is 163 cm³/mol. The molecule has 0 atom stereocenters. The monoisotopic (exact) mass is 598 g/mol. The minimum Gasteiger partial charge on any atom is -0.507 e. The van der Waals surface area contributed by atoms with Crippen molar-refractivity contribution in [2.75, 3.05) is 42.7 Å². The average molecular weight is 599 g/mol. The van der Waals surface area contributed by atoms with Gasteiger partial charge in [0.2, 0.25) is 0 Å². The Labute approximate surface area is 254 Å². The van der Waals surface area contributed by atoms with Crippen molar-refractivity contribution in [3.63, 3.8) is 0 Å². The second-order valence-electron chi connectivity index (χ2n) is 11.0. The molecule has 0 aliphatic heterocycles. The minimum absolute atomic E-state index is 0.146. The predicted octanol–water partition coefficient (Wildman–Crippen LogP) is 5.62. The molecule has 3 aromatic rings. The minimum atomic E-state index is -0.613. The van der Waals surface area contributed by atoms with E-state index in [0.717, 1.165) is 16.7 Å². The van der Waals surface area contributed by atoms with Gasteiger partial charge in [-0.25, -0.2) is 0 Å². The summed E-state index contributed by atoms with van der Waals surface area (Å²) >= 11 is 0. The number of phenols is 3. The molecule has 0 aromatic heterocycles. The molecule has 0 aliphatic rings. The van der Waals surface area contributed by atoms with E-state index in [2.05, 4.69) is 6.92 Å². The summed E-state index contributed by atoms with van der Waals surface area (Å²) in [6.45, 7) is 3.60. The molecule has 0 saturated heterocycles. The standard InChI is InChI=1S/C34H46O9/c1-34(29-12-25(18-40-4)32(36)26(13-29)19-41-5,30-14-27(20-42-6)33(37)28(15-30)21-43-7)9-8-22-10-23(16-38-2)31(35)24(11-22)17-39-3/h10-15,35-37H,8-9,16-21H2,1-7H3. The average Bonchev–Trinajstić information content (AvgIpc) is 2.98. The molecule has 0 saturated carbocycles. The van der Waals surface area contributed by atoms with Crippen molar-refractivity contribution >= 4 is 0 Å². The molecule has 3 aromatic carbocycles. The summed E-state index contributed by atoms with van der Waals surface area (Å²) in [7, 11) is 9.56. The fourth-order valence-corrected chi connectivity index (χ4v) is 5.58. The van der Waals surface area contributed by atoms with Gasteiger partial charge >= 0.3 is 0 Å². The van der Waals surface area contributed by atoms with Crippen LogP contribution >= 0.6 is 0 Å². The van der Waals surface area contributed by atoms with Crippen molar-refractivity contribution < 1.29 is 43.7 Å². The molecule has 0 bridgehead atoms. The fraction of sp³-hybridized carbons (Fsp3) is 0.471. The number of hydrogen-bond donors (Lipinski definition) is 3. The third kappa shape index (κ3) is 8.06. The van der Waals surface area contributed by atoms with Crippen molar-refractivity contribution in [2.24, 2.45) is 0 Å². The van der Waals surface area contributed by atoms with Gasteiger partial charge < -0.3 is 43.7 Å². The first-order valence-corrected chi connectivity index (χ1v) is 14.1. The van der Waals surface area contributed by atoms with E-state index < -0.39 is 5.41 Å². The van der Waals surface area contributed by atoms with Crippen molar-refractivity contribution in [3.05, 3.63) is 86.5 Å². The molecule has 9 nitrogen and oxygen atoms in total. The zero-order chi connectivity index (χ0) is 31.6. The Kier molecular flexibility index (Phi) is 12.8. The lowest BCUT2D eigenvalue weighted by Gasteiger charge is -2.34. The van der Waals surface area contributed by atoms with Gasteiger partial charge in [-0.05, 0) is 65.9 Å². The van der Waals surface area contributed by atoms with Gasteiger partial charge in [-0.15, -0.1) is 0 Å². The summed E-state index contributed by atoms with van der Waals surface area (Å²) in [5.74, 6) is 0.467. The zero-order valence-corrected chi connectivity index (χ0v) is 26.4. The van der Waals surface area contributed by atoms with Crippen LogP contribution in [0.25, 0.3) is 0 Å². The van der Waals surface area contributed by atoms with Crippen molar-refractivity contribution in [1.82, 2.24) is 0 Å². The second-order valence-corrected chi connectivity index (χ2v) is 11.0. The molecule has 0 fully saturated rings. The van der Waals surface area contributed by atoms with Crippen molar-refractivity contribution in [3.8, 4) is 17.2 Å². The van der Waals surface area contributed by atoms with E-state index >= 15 is 0 Å². The van der Waals surface area contributed by atoms with Crippen molar-refractivity contribution in [2.45, 2.75) is 64.8 Å². The number of aromatic hydroxyl groups is 3. The first kappa shape index (κ1) is 34.3. The van der Waals surface area contributed by atoms with Crippen LogP contribution in [0, 0.1) is 0 Å². The SMILES string of the molecule is COCc1cc(CCC(C)(c2cc(COC)c(O)c(COC)c2)c2cc(COC)c(O)c(COC)c2)cc(COC)c1O. The maximum Gasteiger partial charge on any atom is 0.126 e. The molecule has 9 heteroatoms. The highest BCUT2D eigenvalue weighted by Crippen LogP contribution is 2.43. The van der Waals surface area contributed by atoms with Crippen LogP contribution in [0.1, 0.15) is 63.4 Å². The van der Waals surface area contributed by atoms with E-state index in [1.807, 2.05) is 36.4 Å². The quantitative estimate of drug-likeness (QED) is 0.182. The molecule has 0 amide bonds. The lowest BCUT2D eigenvalue weighted by Crippen LogP contribution is -2.26. The first-order chi connectivity index (χ1) is 20.7. The van der Waals surface area contributed by atoms with Gasteiger partial charge in [0, 0.05) is 81.5 Å². The molecule has 0 aliphatic carbocycles. The second kappa shape index (κ2) is 16.0. The molecule has 3 N–H and O–H groups in total. The number of hydrogen-bond acceptors (Lipinski definition) is 9. The van der Waals surface area contributed by atoms with Crippen LogP contribution < -0.4 is 0 Å². The van der Waals surface area contributed by atoms with Gasteiger partial charge in [0.25, 0.3) is 0 Å². The van der Waals surface area contributed by atoms with E-state index in [1.165, 1.54) is 0 Å². The van der Waals surface area contributed by atoms with Crippen LogP contribution in [0.2, 0.25) is 0 Å². The van der Waals surface area contributed by atoms with Gasteiger partial charge in [0.1, 0.15) is 17.2 Å². The Morgan fingerprint density at radius 1 is 0.465 bits per heavy atom. The summed E-state index contributed by atoms with van der Waals surface area (Å²) in [6.07, 6.45) is 1.29. The Hall–Kier alpha value is -3.18. The molecular formula is C34H46O9. The number of rotatable bonds is 17. The summed E-state index contributed by atoms with van der Waals surface area (Å²) < 4.78 is 32.4. The van der Waals surface area contributed by atoms with E-state index in [4.69, 9.17) is 28.4 Å². The molecule has 0 unspecified atom stereocenters. The lowest BCUT2D eigenvalue weighted by molar-refractivity contribution is 0.174. The summed E-state index contributed by atoms with van der Waals surface area (Å²) in [5, 5.41) is 32.8. The topological polar surface area (TPSA) is 116 Å². The van der Waals surface area contributed by atoms with Gasteiger partial charge in [0.05, 0.1) is 39.6 Å². The fourth-order valence-electron chi connectivity index (χ4n) is 5.58. The summed E-state index contributed by atoms with van der Waals surface area (Å²) in [4.78, 5) is 0. The van der Waals surface area contributed by atoms with Crippen molar-refractivity contribution in [1.29, 1.82) is 0 Å². The molecule has 43 heavy (non-hydrogen) atoms. The van der Waals surface area contributed by atoms with E-state index in [1.54, 1.807) is 42.7 Å². The van der Waals surface area contributed by atoms with Crippen LogP contribution in [0.5, 0.6) is 17.2 Å². The molecule has 236 valence electrons. The Morgan fingerprint density at radius 3 is 0.977 bits per heavy atom. The highest BCUT2D eigenvalue weighted by molar-refractivity contribution is 5.53. The number of benzene rings is 3. The number of ether oxygens (including phenoxy) is 6. The van der Waals surface area contributed by atoms with E-state index in [9.17, 15) is 15.3 Å². The van der Waals surface area contributed by atoms with Crippen LogP contribution in [0.15, 0.2) is 36.4 Å². The van der Waals surface area contributed by atoms with Gasteiger partial charge in [0.15, 0.2) is 0 Å². The number of methoxy groups -OCH3 is 6. The molecule has 0 spiro atoms. The van der Waals surface area contributed by atoms with Crippen LogP contribution in [0.4, 0.5) is 0 Å². The van der Waals surface area contributed by atoms with E-state index in [0.29, 0.717) is 46.2 Å². The van der Waals surface area contributed by atoms with Gasteiger partial charge in [-0.1, -0.05) is 6.92 Å². The van der Waals surface area contributed by atoms with Gasteiger partial charge in [-0.3, -0.25) is 0 Å². The number of phenolic OH excluding ortho intramolecular Hbond substituents is 3. The molecular weight excluding hydrogens is 552 g/mol. The smallest absolute Gasteiger partial charge is 0.126 e. The normalized spacial score (nSPS) is 11.8. The third-order valence-corrected chi connectivity index (χ3v) is 7.85. The van der Waals surface area contributed by atoms with Crippen LogP contribution in [0.3, 0.4) is 0 Å². The van der Waals surface area contributed by atoms with Crippen LogP contribution in [-0.2, 0) is 79.9 Å². The number of aryl methyl sites for hydroxylation is 1. The van der Waals surface area contributed by atoms with Gasteiger partial charge in [-0.2, -0.15) is 0 Å². The van der Waals surface area contributed by atoms with Crippen LogP contribution in [-0.4, -0.2) is 58.0 Å². The Morgan fingerprint density at radius 2 is 0.721 bits per heavy atom. The largest absolute Gasteiger partial charge is 0.507 e. The summed E-state index contributed by atoms with van der Waals surface area (Å²) in [6, 6.07) is 11.8. The summed E-state index contributed by atoms with van der Waals surface area (Å²) in [5.41, 5.74) is 6.31.